The number of aromatic nitrogens is 3. The molecule has 3 rings (SSSR count). The van der Waals surface area contributed by atoms with Gasteiger partial charge in [0, 0.05) is 29.0 Å². The van der Waals surface area contributed by atoms with Crippen molar-refractivity contribution in [3.63, 3.8) is 0 Å². The van der Waals surface area contributed by atoms with Gasteiger partial charge in [0.25, 0.3) is 0 Å². The third kappa shape index (κ3) is 5.88. The van der Waals surface area contributed by atoms with Crippen LogP contribution in [-0.4, -0.2) is 15.0 Å². The van der Waals surface area contributed by atoms with Crippen LogP contribution in [0.2, 0.25) is 0 Å². The van der Waals surface area contributed by atoms with Gasteiger partial charge in [-0.2, -0.15) is 0 Å². The molecule has 2 N–H and O–H groups in total. The Bertz CT molecular complexity index is 737. The van der Waals surface area contributed by atoms with Gasteiger partial charge in [-0.1, -0.05) is 59.7 Å². The first-order chi connectivity index (χ1) is 11.1. The molecule has 24 heavy (non-hydrogen) atoms. The molecule has 0 saturated carbocycles. The maximum absolute atomic E-state index is 3.95. The minimum absolute atomic E-state index is 0.352. The van der Waals surface area contributed by atoms with E-state index < -0.39 is 0 Å². The van der Waals surface area contributed by atoms with Gasteiger partial charge in [-0.3, -0.25) is 0 Å². The maximum Gasteiger partial charge on any atom is 0.0921 e. The number of para-hydroxylation sites is 1. The number of H-pyrrole nitrogens is 2. The van der Waals surface area contributed by atoms with Crippen molar-refractivity contribution in [3.05, 3.63) is 54.2 Å². The number of nitrogens with zero attached hydrogens (tertiary/aromatic N) is 1. The summed E-state index contributed by atoms with van der Waals surface area (Å²) in [6.07, 6.45) is 7.92. The van der Waals surface area contributed by atoms with Crippen LogP contribution in [0.25, 0.3) is 10.9 Å². The first-order valence-corrected chi connectivity index (χ1v) is 8.66. The largest absolute Gasteiger partial charge is 0.361 e. The summed E-state index contributed by atoms with van der Waals surface area (Å²) in [7, 11) is 0. The van der Waals surface area contributed by atoms with E-state index in [0.717, 1.165) is 12.8 Å². The van der Waals surface area contributed by atoms with Gasteiger partial charge in [-0.25, -0.2) is 4.98 Å². The Morgan fingerprint density at radius 1 is 0.875 bits per heavy atom. The zero-order valence-corrected chi connectivity index (χ0v) is 15.9. The molecule has 0 aliphatic heterocycles. The fourth-order valence-electron chi connectivity index (χ4n) is 2.80. The fraction of sp³-hybridized carbons (Fsp3) is 0.476. The number of nitrogens with one attached hydrogen (secondary N) is 2. The Balaban J connectivity index is 0.000000185. The standard InChI is InChI=1S/C13H17N.C8H14N2/c1-13(2,3)8-10-9-14-12-7-5-4-6-11(10)12;1-8(2,3)4-7-5-9-6-10-7/h4-7,9,14H,8H2,1-3H3;5-6H,4H2,1-3H3,(H,9,10). The molecule has 3 heteroatoms. The van der Waals surface area contributed by atoms with Gasteiger partial charge in [-0.05, 0) is 35.3 Å². The molecule has 0 spiro atoms. The lowest BCUT2D eigenvalue weighted by atomic mass is 9.88. The molecule has 0 amide bonds. The van der Waals surface area contributed by atoms with Gasteiger partial charge >= 0.3 is 0 Å². The van der Waals surface area contributed by atoms with E-state index >= 15 is 0 Å². The molecule has 0 radical (unpaired) electrons. The molecule has 0 aliphatic rings. The van der Waals surface area contributed by atoms with Crippen LogP contribution in [0.1, 0.15) is 52.8 Å². The zero-order valence-electron chi connectivity index (χ0n) is 15.9. The van der Waals surface area contributed by atoms with Crippen molar-refractivity contribution in [2.45, 2.75) is 54.4 Å². The quantitative estimate of drug-likeness (QED) is 0.618. The Morgan fingerprint density at radius 2 is 1.54 bits per heavy atom. The molecule has 0 unspecified atom stereocenters. The van der Waals surface area contributed by atoms with Crippen molar-refractivity contribution < 1.29 is 0 Å². The highest BCUT2D eigenvalue weighted by Gasteiger charge is 2.13. The van der Waals surface area contributed by atoms with Gasteiger partial charge in [0.1, 0.15) is 0 Å². The third-order valence-electron chi connectivity index (χ3n) is 3.67. The lowest BCUT2D eigenvalue weighted by Crippen LogP contribution is -2.09. The van der Waals surface area contributed by atoms with E-state index in [-0.39, 0.29) is 0 Å². The van der Waals surface area contributed by atoms with Crippen molar-refractivity contribution in [1.29, 1.82) is 0 Å². The van der Waals surface area contributed by atoms with E-state index in [1.165, 1.54) is 22.2 Å². The lowest BCUT2D eigenvalue weighted by molar-refractivity contribution is 0.407. The number of rotatable bonds is 2. The second-order valence-electron chi connectivity index (χ2n) is 8.91. The molecule has 1 aromatic carbocycles. The van der Waals surface area contributed by atoms with Crippen molar-refractivity contribution in [2.24, 2.45) is 10.8 Å². The van der Waals surface area contributed by atoms with Crippen LogP contribution in [-0.2, 0) is 12.8 Å². The first-order valence-electron chi connectivity index (χ1n) is 8.66. The van der Waals surface area contributed by atoms with E-state index in [2.05, 4.69) is 87.0 Å². The highest BCUT2D eigenvalue weighted by atomic mass is 14.9. The number of hydrogen-bond acceptors (Lipinski definition) is 1. The SMILES string of the molecule is CC(C)(C)Cc1c[nH]c2ccccc12.CC(C)(C)Cc1cnc[nH]1. The van der Waals surface area contributed by atoms with Crippen LogP contribution in [0.3, 0.4) is 0 Å². The molecule has 3 aromatic rings. The van der Waals surface area contributed by atoms with E-state index in [9.17, 15) is 0 Å². The summed E-state index contributed by atoms with van der Waals surface area (Å²) in [5, 5.41) is 1.36. The van der Waals surface area contributed by atoms with Crippen LogP contribution >= 0.6 is 0 Å². The summed E-state index contributed by atoms with van der Waals surface area (Å²) in [6.45, 7) is 13.5. The molecule has 0 atom stereocenters. The second-order valence-corrected chi connectivity index (χ2v) is 8.91. The average molecular weight is 326 g/mol. The van der Waals surface area contributed by atoms with Crippen LogP contribution in [0, 0.1) is 10.8 Å². The van der Waals surface area contributed by atoms with Gasteiger partial charge in [-0.15, -0.1) is 0 Å². The van der Waals surface area contributed by atoms with Crippen molar-refractivity contribution >= 4 is 10.9 Å². The van der Waals surface area contributed by atoms with Gasteiger partial charge in [0.15, 0.2) is 0 Å². The Kier molecular flexibility index (Phi) is 5.53. The number of benzene rings is 1. The summed E-state index contributed by atoms with van der Waals surface area (Å²) < 4.78 is 0. The van der Waals surface area contributed by atoms with Crippen LogP contribution in [0.15, 0.2) is 43.0 Å². The predicted molar refractivity (Wildman–Crippen MR) is 103 cm³/mol. The average Bonchev–Trinajstić information content (AvgIpc) is 3.07. The van der Waals surface area contributed by atoms with Crippen molar-refractivity contribution in [2.75, 3.05) is 0 Å². The maximum atomic E-state index is 3.95. The zero-order chi connectivity index (χ0) is 17.8. The Morgan fingerprint density at radius 3 is 2.12 bits per heavy atom. The first kappa shape index (κ1) is 18.3. The predicted octanol–water partition coefficient (Wildman–Crippen LogP) is 5.75. The van der Waals surface area contributed by atoms with Crippen molar-refractivity contribution in [1.82, 2.24) is 15.0 Å². The molecule has 2 aromatic heterocycles. The summed E-state index contributed by atoms with van der Waals surface area (Å²) in [6, 6.07) is 8.48. The van der Waals surface area contributed by atoms with Crippen LogP contribution < -0.4 is 0 Å². The number of aromatic amines is 2. The highest BCUT2D eigenvalue weighted by molar-refractivity contribution is 5.83. The molecule has 2 heterocycles. The van der Waals surface area contributed by atoms with Crippen LogP contribution in [0.4, 0.5) is 0 Å². The van der Waals surface area contributed by atoms with E-state index in [1.54, 1.807) is 6.33 Å². The number of hydrogen-bond donors (Lipinski definition) is 2. The third-order valence-corrected chi connectivity index (χ3v) is 3.67. The lowest BCUT2D eigenvalue weighted by Gasteiger charge is -2.17. The van der Waals surface area contributed by atoms with E-state index in [4.69, 9.17) is 0 Å². The summed E-state index contributed by atoms with van der Waals surface area (Å²) in [4.78, 5) is 10.3. The minimum atomic E-state index is 0.352. The number of fused-ring (bicyclic) bond motifs is 1. The summed E-state index contributed by atoms with van der Waals surface area (Å²) in [5.74, 6) is 0. The van der Waals surface area contributed by atoms with Crippen LogP contribution in [0.5, 0.6) is 0 Å². The minimum Gasteiger partial charge on any atom is -0.361 e. The molecule has 3 nitrogen and oxygen atoms in total. The molecule has 0 fully saturated rings. The number of imidazole rings is 1. The van der Waals surface area contributed by atoms with Gasteiger partial charge < -0.3 is 9.97 Å². The van der Waals surface area contributed by atoms with E-state index in [1.807, 2.05) is 6.20 Å². The molecule has 0 bridgehead atoms. The monoisotopic (exact) mass is 325 g/mol. The molecule has 0 saturated heterocycles. The normalized spacial score (nSPS) is 12.1. The van der Waals surface area contributed by atoms with Gasteiger partial charge in [0.05, 0.1) is 6.33 Å². The summed E-state index contributed by atoms with van der Waals surface area (Å²) in [5.41, 5.74) is 4.59. The Hall–Kier alpha value is -2.03. The van der Waals surface area contributed by atoms with E-state index in [0.29, 0.717) is 10.8 Å². The Labute approximate surface area is 145 Å². The molecular formula is C21H31N3. The van der Waals surface area contributed by atoms with Crippen molar-refractivity contribution in [3.8, 4) is 0 Å². The smallest absolute Gasteiger partial charge is 0.0921 e. The highest BCUT2D eigenvalue weighted by Crippen LogP contribution is 2.26. The topological polar surface area (TPSA) is 44.5 Å². The molecular weight excluding hydrogens is 294 g/mol. The molecule has 130 valence electrons. The fourth-order valence-corrected chi connectivity index (χ4v) is 2.80. The molecule has 0 aliphatic carbocycles. The summed E-state index contributed by atoms with van der Waals surface area (Å²) >= 11 is 0. The second kappa shape index (κ2) is 7.25. The van der Waals surface area contributed by atoms with Gasteiger partial charge in [0.2, 0.25) is 0 Å².